The van der Waals surface area contributed by atoms with Crippen molar-refractivity contribution in [1.82, 2.24) is 9.78 Å². The molecule has 2 aromatic carbocycles. The van der Waals surface area contributed by atoms with Crippen LogP contribution in [0.1, 0.15) is 27.6 Å². The Morgan fingerprint density at radius 1 is 1.15 bits per heavy atom. The van der Waals surface area contributed by atoms with Crippen LogP contribution in [0, 0.1) is 13.8 Å². The van der Waals surface area contributed by atoms with E-state index in [0.717, 1.165) is 34.1 Å². The minimum atomic E-state index is -0.0331. The van der Waals surface area contributed by atoms with Gasteiger partial charge < -0.3 is 10.1 Å². The smallest absolute Gasteiger partial charge is 0.235 e. The molecule has 0 aliphatic carbocycles. The lowest BCUT2D eigenvalue weighted by atomic mass is 10.0. The molecule has 0 saturated heterocycles. The first-order valence-corrected chi connectivity index (χ1v) is 9.84. The Bertz CT molecular complexity index is 995. The highest BCUT2D eigenvalue weighted by molar-refractivity contribution is 8.00. The van der Waals surface area contributed by atoms with Gasteiger partial charge in [0.05, 0.1) is 29.5 Å². The maximum absolute atomic E-state index is 12.4. The molecule has 1 amide bonds. The van der Waals surface area contributed by atoms with E-state index in [1.165, 1.54) is 5.56 Å². The fraction of sp³-hybridized carbons (Fsp3) is 0.238. The highest BCUT2D eigenvalue weighted by atomic mass is 32.2. The topological polar surface area (TPSA) is 56.1 Å². The summed E-state index contributed by atoms with van der Waals surface area (Å²) >= 11 is 1.60. The van der Waals surface area contributed by atoms with Gasteiger partial charge in [0.1, 0.15) is 11.6 Å². The number of carbonyl (C=O) groups excluding carboxylic acids is 1. The first kappa shape index (κ1) is 17.7. The first-order valence-electron chi connectivity index (χ1n) is 8.79. The predicted octanol–water partition coefficient (Wildman–Crippen LogP) is 4.27. The van der Waals surface area contributed by atoms with E-state index in [2.05, 4.69) is 18.3 Å². The van der Waals surface area contributed by atoms with Crippen LogP contribution in [0.2, 0.25) is 0 Å². The van der Waals surface area contributed by atoms with Crippen LogP contribution in [0.3, 0.4) is 0 Å². The Morgan fingerprint density at radius 3 is 2.63 bits per heavy atom. The van der Waals surface area contributed by atoms with Crippen LogP contribution >= 0.6 is 11.8 Å². The second kappa shape index (κ2) is 7.12. The quantitative estimate of drug-likeness (QED) is 0.738. The van der Waals surface area contributed by atoms with Gasteiger partial charge in [-0.05, 0) is 32.0 Å². The minimum Gasteiger partial charge on any atom is -0.496 e. The average molecular weight is 379 g/mol. The number of benzene rings is 2. The van der Waals surface area contributed by atoms with Gasteiger partial charge in [0.15, 0.2) is 0 Å². The summed E-state index contributed by atoms with van der Waals surface area (Å²) in [7, 11) is 1.67. The molecular formula is C21H21N3O2S. The minimum absolute atomic E-state index is 0.0214. The second-order valence-electron chi connectivity index (χ2n) is 6.58. The highest BCUT2D eigenvalue weighted by Gasteiger charge is 2.31. The maximum atomic E-state index is 12.4. The largest absolute Gasteiger partial charge is 0.496 e. The molecule has 0 spiro atoms. The number of ether oxygens (including phenoxy) is 1. The fourth-order valence-electron chi connectivity index (χ4n) is 3.39. The number of nitrogens with zero attached hydrogens (tertiary/aromatic N) is 2. The molecule has 0 fully saturated rings. The summed E-state index contributed by atoms with van der Waals surface area (Å²) in [4.78, 5) is 12.4. The summed E-state index contributed by atoms with van der Waals surface area (Å²) < 4.78 is 7.41. The third-order valence-corrected chi connectivity index (χ3v) is 5.96. The molecule has 1 aliphatic heterocycles. The number of methoxy groups -OCH3 is 1. The van der Waals surface area contributed by atoms with Crippen molar-refractivity contribution >= 4 is 23.5 Å². The van der Waals surface area contributed by atoms with Crippen LogP contribution in [-0.4, -0.2) is 28.6 Å². The van der Waals surface area contributed by atoms with Crippen molar-refractivity contribution in [3.63, 3.8) is 0 Å². The molecule has 1 aromatic heterocycles. The third-order valence-electron chi connectivity index (χ3n) is 4.71. The number of nitrogens with one attached hydrogen (secondary N) is 1. The summed E-state index contributed by atoms with van der Waals surface area (Å²) in [5.41, 5.74) is 5.08. The molecule has 0 bridgehead atoms. The predicted molar refractivity (Wildman–Crippen MR) is 109 cm³/mol. The molecule has 2 heterocycles. The van der Waals surface area contributed by atoms with Crippen molar-refractivity contribution in [1.29, 1.82) is 0 Å². The van der Waals surface area contributed by atoms with Gasteiger partial charge in [-0.1, -0.05) is 35.9 Å². The van der Waals surface area contributed by atoms with Gasteiger partial charge in [0, 0.05) is 11.1 Å². The Labute approximate surface area is 162 Å². The molecule has 3 aromatic rings. The maximum Gasteiger partial charge on any atom is 0.235 e. The summed E-state index contributed by atoms with van der Waals surface area (Å²) in [5.74, 6) is 1.91. The van der Waals surface area contributed by atoms with Crippen LogP contribution in [0.15, 0.2) is 48.5 Å². The molecule has 1 aliphatic rings. The monoisotopic (exact) mass is 379 g/mol. The van der Waals surface area contributed by atoms with E-state index in [9.17, 15) is 4.79 Å². The number of anilines is 1. The van der Waals surface area contributed by atoms with Gasteiger partial charge in [-0.2, -0.15) is 5.10 Å². The Balaban J connectivity index is 1.90. The molecule has 1 N–H and O–H groups in total. The second-order valence-corrected chi connectivity index (χ2v) is 7.67. The zero-order valence-electron chi connectivity index (χ0n) is 15.5. The van der Waals surface area contributed by atoms with Crippen molar-refractivity contribution in [2.45, 2.75) is 19.1 Å². The molecule has 6 heteroatoms. The SMILES string of the molecule is COc1ccccc1[C@@H]1SCC(=O)Nc2c1c(C)nn2-c1ccc(C)cc1. The number of rotatable bonds is 3. The normalized spacial score (nSPS) is 16.4. The lowest BCUT2D eigenvalue weighted by molar-refractivity contribution is -0.113. The Hall–Kier alpha value is -2.73. The fourth-order valence-corrected chi connectivity index (χ4v) is 4.60. The number of hydrogen-bond donors (Lipinski definition) is 1. The Kier molecular flexibility index (Phi) is 4.66. The number of thioether (sulfide) groups is 1. The van der Waals surface area contributed by atoms with Crippen molar-refractivity contribution in [2.75, 3.05) is 18.2 Å². The molecule has 27 heavy (non-hydrogen) atoms. The van der Waals surface area contributed by atoms with Crippen molar-refractivity contribution in [2.24, 2.45) is 0 Å². The molecule has 0 unspecified atom stereocenters. The van der Waals surface area contributed by atoms with Gasteiger partial charge >= 0.3 is 0 Å². The van der Waals surface area contributed by atoms with E-state index >= 15 is 0 Å². The Morgan fingerprint density at radius 2 is 1.89 bits per heavy atom. The number of amides is 1. The van der Waals surface area contributed by atoms with Gasteiger partial charge in [-0.15, -0.1) is 11.8 Å². The van der Waals surface area contributed by atoms with Crippen LogP contribution < -0.4 is 10.1 Å². The van der Waals surface area contributed by atoms with Crippen molar-refractivity contribution in [3.8, 4) is 11.4 Å². The molecule has 4 rings (SSSR count). The highest BCUT2D eigenvalue weighted by Crippen LogP contribution is 2.46. The number of carbonyl (C=O) groups is 1. The molecule has 138 valence electrons. The van der Waals surface area contributed by atoms with E-state index in [4.69, 9.17) is 9.84 Å². The molecular weight excluding hydrogens is 358 g/mol. The summed E-state index contributed by atoms with van der Waals surface area (Å²) in [6.07, 6.45) is 0. The number of hydrogen-bond acceptors (Lipinski definition) is 4. The van der Waals surface area contributed by atoms with Gasteiger partial charge in [-0.3, -0.25) is 4.79 Å². The molecule has 5 nitrogen and oxygen atoms in total. The number of aromatic nitrogens is 2. The molecule has 0 radical (unpaired) electrons. The van der Waals surface area contributed by atoms with Crippen LogP contribution in [0.4, 0.5) is 5.82 Å². The number of aryl methyl sites for hydroxylation is 2. The van der Waals surface area contributed by atoms with Crippen LogP contribution in [0.5, 0.6) is 5.75 Å². The van der Waals surface area contributed by atoms with Gasteiger partial charge in [-0.25, -0.2) is 4.68 Å². The van der Waals surface area contributed by atoms with Crippen molar-refractivity contribution in [3.05, 3.63) is 70.9 Å². The lowest BCUT2D eigenvalue weighted by Gasteiger charge is -2.18. The summed E-state index contributed by atoms with van der Waals surface area (Å²) in [6, 6.07) is 16.1. The van der Waals surface area contributed by atoms with E-state index in [1.807, 2.05) is 54.1 Å². The van der Waals surface area contributed by atoms with Crippen LogP contribution in [-0.2, 0) is 4.79 Å². The summed E-state index contributed by atoms with van der Waals surface area (Å²) in [6.45, 7) is 4.04. The summed E-state index contributed by atoms with van der Waals surface area (Å²) in [5, 5.41) is 7.78. The van der Waals surface area contributed by atoms with E-state index in [1.54, 1.807) is 18.9 Å². The lowest BCUT2D eigenvalue weighted by Crippen LogP contribution is -2.15. The number of para-hydroxylation sites is 1. The van der Waals surface area contributed by atoms with E-state index in [-0.39, 0.29) is 11.2 Å². The molecule has 1 atom stereocenters. The van der Waals surface area contributed by atoms with Gasteiger partial charge in [0.25, 0.3) is 0 Å². The standard InChI is InChI=1S/C21H21N3O2S/c1-13-8-10-15(11-9-13)24-21-19(14(2)23-24)20(27-12-18(25)22-21)16-6-4-5-7-17(16)26-3/h4-11,20H,12H2,1-3H3,(H,22,25)/t20-/m0/s1. The molecule has 0 saturated carbocycles. The zero-order chi connectivity index (χ0) is 19.0. The number of fused-ring (bicyclic) bond motifs is 1. The first-order chi connectivity index (χ1) is 13.1. The average Bonchev–Trinajstić information content (AvgIpc) is 2.88. The van der Waals surface area contributed by atoms with Crippen molar-refractivity contribution < 1.29 is 9.53 Å². The van der Waals surface area contributed by atoms with E-state index < -0.39 is 0 Å². The van der Waals surface area contributed by atoms with Crippen LogP contribution in [0.25, 0.3) is 5.69 Å². The van der Waals surface area contributed by atoms with E-state index in [0.29, 0.717) is 5.75 Å². The van der Waals surface area contributed by atoms with Gasteiger partial charge in [0.2, 0.25) is 5.91 Å². The third kappa shape index (κ3) is 3.21. The zero-order valence-corrected chi connectivity index (χ0v) is 16.3.